The predicted octanol–water partition coefficient (Wildman–Crippen LogP) is 5.51. The van der Waals surface area contributed by atoms with Gasteiger partial charge in [0.15, 0.2) is 0 Å². The number of carbonyl (C=O) groups excluding carboxylic acids is 1. The maximum absolute atomic E-state index is 14.0. The Hall–Kier alpha value is -1.81. The minimum Gasteiger partial charge on any atom is -0.497 e. The molecule has 4 aliphatic carbocycles. The van der Waals surface area contributed by atoms with Crippen molar-refractivity contribution in [1.29, 1.82) is 0 Å². The summed E-state index contributed by atoms with van der Waals surface area (Å²) in [6.45, 7) is 0.658. The number of methoxy groups -OCH3 is 1. The second-order valence-corrected chi connectivity index (χ2v) is 9.90. The van der Waals surface area contributed by atoms with E-state index in [9.17, 15) is 4.79 Å². The van der Waals surface area contributed by atoms with Gasteiger partial charge in [0.1, 0.15) is 5.75 Å². The summed E-state index contributed by atoms with van der Waals surface area (Å²) in [7, 11) is 1.68. The summed E-state index contributed by atoms with van der Waals surface area (Å²) in [5, 5.41) is 2.09. The van der Waals surface area contributed by atoms with Crippen molar-refractivity contribution >= 4 is 22.9 Å². The number of thiophene rings is 1. The highest BCUT2D eigenvalue weighted by molar-refractivity contribution is 7.09. The molecule has 0 unspecified atom stereocenters. The van der Waals surface area contributed by atoms with Crippen molar-refractivity contribution in [3.63, 3.8) is 0 Å². The fourth-order valence-electron chi connectivity index (χ4n) is 6.28. The van der Waals surface area contributed by atoms with Gasteiger partial charge in [0.05, 0.1) is 19.1 Å². The largest absolute Gasteiger partial charge is 0.497 e. The van der Waals surface area contributed by atoms with Crippen molar-refractivity contribution in [1.82, 2.24) is 0 Å². The summed E-state index contributed by atoms with van der Waals surface area (Å²) < 4.78 is 5.43. The summed E-state index contributed by atoms with van der Waals surface area (Å²) in [6.07, 6.45) is 7.37. The lowest BCUT2D eigenvalue weighted by Crippen LogP contribution is -2.54. The van der Waals surface area contributed by atoms with Gasteiger partial charge >= 0.3 is 0 Å². The van der Waals surface area contributed by atoms with E-state index < -0.39 is 0 Å². The lowest BCUT2D eigenvalue weighted by atomic mass is 9.49. The van der Waals surface area contributed by atoms with Crippen LogP contribution in [0.5, 0.6) is 5.75 Å². The number of nitrogens with zero attached hydrogens (tertiary/aromatic N) is 1. The van der Waals surface area contributed by atoms with Crippen LogP contribution >= 0.6 is 11.3 Å². The number of rotatable bonds is 5. The van der Waals surface area contributed by atoms with Gasteiger partial charge in [-0.1, -0.05) is 12.1 Å². The number of anilines is 1. The first kappa shape index (κ1) is 17.3. The van der Waals surface area contributed by atoms with E-state index in [1.807, 2.05) is 23.1 Å². The molecule has 27 heavy (non-hydrogen) atoms. The fourth-order valence-corrected chi connectivity index (χ4v) is 6.97. The lowest BCUT2D eigenvalue weighted by molar-refractivity contribution is -0.143. The van der Waals surface area contributed by atoms with Crippen molar-refractivity contribution in [2.24, 2.45) is 23.2 Å². The maximum atomic E-state index is 14.0. The van der Waals surface area contributed by atoms with Crippen LogP contribution in [0, 0.1) is 23.2 Å². The average molecular weight is 382 g/mol. The van der Waals surface area contributed by atoms with Crippen LogP contribution in [0.15, 0.2) is 41.8 Å². The van der Waals surface area contributed by atoms with Gasteiger partial charge in [-0.25, -0.2) is 0 Å². The van der Waals surface area contributed by atoms with Crippen LogP contribution in [-0.4, -0.2) is 13.0 Å². The fraction of sp³-hybridized carbons (Fsp3) is 0.522. The highest BCUT2D eigenvalue weighted by Gasteiger charge is 2.55. The van der Waals surface area contributed by atoms with Gasteiger partial charge < -0.3 is 9.64 Å². The molecular formula is C23H27NO2S. The van der Waals surface area contributed by atoms with Crippen molar-refractivity contribution in [2.45, 2.75) is 45.1 Å². The van der Waals surface area contributed by atoms with E-state index in [0.29, 0.717) is 12.5 Å². The summed E-state index contributed by atoms with van der Waals surface area (Å²) in [4.78, 5) is 17.3. The smallest absolute Gasteiger partial charge is 0.233 e. The van der Waals surface area contributed by atoms with Crippen molar-refractivity contribution in [3.8, 4) is 5.75 Å². The Balaban J connectivity index is 1.50. The first-order valence-corrected chi connectivity index (χ1v) is 11.0. The van der Waals surface area contributed by atoms with E-state index in [2.05, 4.69) is 23.6 Å². The van der Waals surface area contributed by atoms with Crippen LogP contribution in [0.2, 0.25) is 0 Å². The van der Waals surface area contributed by atoms with E-state index in [-0.39, 0.29) is 5.41 Å². The topological polar surface area (TPSA) is 29.5 Å². The quantitative estimate of drug-likeness (QED) is 0.684. The lowest BCUT2D eigenvalue weighted by Gasteiger charge is -2.56. The Labute approximate surface area is 165 Å². The number of hydrogen-bond donors (Lipinski definition) is 0. The number of carbonyl (C=O) groups is 1. The molecule has 142 valence electrons. The summed E-state index contributed by atoms with van der Waals surface area (Å²) in [5.41, 5.74) is 0.832. The molecule has 4 fully saturated rings. The molecular weight excluding hydrogens is 354 g/mol. The van der Waals surface area contributed by atoms with Crippen LogP contribution in [0.4, 0.5) is 5.69 Å². The van der Waals surface area contributed by atoms with Gasteiger partial charge in [-0.15, -0.1) is 11.3 Å². The van der Waals surface area contributed by atoms with Gasteiger partial charge in [0.25, 0.3) is 0 Å². The summed E-state index contributed by atoms with van der Waals surface area (Å²) >= 11 is 1.73. The van der Waals surface area contributed by atoms with Gasteiger partial charge in [-0.3, -0.25) is 4.79 Å². The molecule has 0 atom stereocenters. The van der Waals surface area contributed by atoms with Crippen LogP contribution in [0.1, 0.15) is 43.4 Å². The van der Waals surface area contributed by atoms with Crippen molar-refractivity contribution < 1.29 is 9.53 Å². The monoisotopic (exact) mass is 381 g/mol. The number of amides is 1. The Morgan fingerprint density at radius 3 is 2.41 bits per heavy atom. The molecule has 4 saturated carbocycles. The molecule has 4 heteroatoms. The van der Waals surface area contributed by atoms with E-state index in [1.165, 1.54) is 24.1 Å². The minimum atomic E-state index is -0.130. The van der Waals surface area contributed by atoms with Crippen LogP contribution in [-0.2, 0) is 11.3 Å². The molecule has 1 aromatic heterocycles. The molecule has 6 rings (SSSR count). The molecule has 0 aliphatic heterocycles. The molecule has 0 spiro atoms. The minimum absolute atomic E-state index is 0.130. The van der Waals surface area contributed by atoms with E-state index >= 15 is 0 Å². The molecule has 3 nitrogen and oxygen atoms in total. The molecule has 0 radical (unpaired) electrons. The molecule has 4 aliphatic rings. The number of benzene rings is 1. The van der Waals surface area contributed by atoms with Crippen LogP contribution < -0.4 is 9.64 Å². The summed E-state index contributed by atoms with van der Waals surface area (Å²) in [5.74, 6) is 3.47. The molecule has 2 aromatic rings. The third-order valence-corrected chi connectivity index (χ3v) is 7.86. The molecule has 0 N–H and O–H groups in total. The molecule has 0 saturated heterocycles. The molecule has 4 bridgehead atoms. The number of hydrogen-bond acceptors (Lipinski definition) is 3. The first-order chi connectivity index (χ1) is 13.1. The van der Waals surface area contributed by atoms with E-state index in [0.717, 1.165) is 48.5 Å². The second kappa shape index (κ2) is 6.66. The molecule has 1 heterocycles. The molecule has 1 amide bonds. The predicted molar refractivity (Wildman–Crippen MR) is 109 cm³/mol. The third-order valence-electron chi connectivity index (χ3n) is 7.00. The highest BCUT2D eigenvalue weighted by atomic mass is 32.1. The maximum Gasteiger partial charge on any atom is 0.233 e. The SMILES string of the molecule is COc1cccc(N(Cc2cccs2)C(=O)C23CC4CC(CC(C4)C2)C3)c1. The zero-order valence-corrected chi connectivity index (χ0v) is 16.7. The normalized spacial score (nSPS) is 31.1. The van der Waals surface area contributed by atoms with Gasteiger partial charge in [-0.2, -0.15) is 0 Å². The zero-order valence-electron chi connectivity index (χ0n) is 15.9. The van der Waals surface area contributed by atoms with Crippen molar-refractivity contribution in [2.75, 3.05) is 12.0 Å². The van der Waals surface area contributed by atoms with Gasteiger partial charge in [0, 0.05) is 16.6 Å². The Kier molecular flexibility index (Phi) is 4.27. The standard InChI is InChI=1S/C23H27NO2S/c1-26-20-5-2-4-19(11-20)24(15-21-6-3-7-27-21)22(25)23-12-16-8-17(13-23)10-18(9-16)14-23/h2-7,11,16-18H,8-10,12-15H2,1H3. The average Bonchev–Trinajstić information content (AvgIpc) is 3.18. The van der Waals surface area contributed by atoms with Gasteiger partial charge in [0.2, 0.25) is 5.91 Å². The summed E-state index contributed by atoms with van der Waals surface area (Å²) in [6, 6.07) is 12.2. The Morgan fingerprint density at radius 1 is 1.11 bits per heavy atom. The van der Waals surface area contributed by atoms with E-state index in [4.69, 9.17) is 4.74 Å². The highest BCUT2D eigenvalue weighted by Crippen LogP contribution is 2.60. The van der Waals surface area contributed by atoms with Crippen molar-refractivity contribution in [3.05, 3.63) is 46.7 Å². The third kappa shape index (κ3) is 3.08. The second-order valence-electron chi connectivity index (χ2n) is 8.87. The zero-order chi connectivity index (χ0) is 18.4. The van der Waals surface area contributed by atoms with Crippen LogP contribution in [0.25, 0.3) is 0 Å². The number of ether oxygens (including phenoxy) is 1. The Morgan fingerprint density at radius 2 is 1.81 bits per heavy atom. The first-order valence-electron chi connectivity index (χ1n) is 10.1. The molecule has 1 aromatic carbocycles. The van der Waals surface area contributed by atoms with Gasteiger partial charge in [-0.05, 0) is 79.9 Å². The van der Waals surface area contributed by atoms with E-state index in [1.54, 1.807) is 18.4 Å². The Bertz CT molecular complexity index is 793. The van der Waals surface area contributed by atoms with Crippen LogP contribution in [0.3, 0.4) is 0 Å².